The number of ether oxygens (including phenoxy) is 1. The normalized spacial score (nSPS) is 17.5. The summed E-state index contributed by atoms with van der Waals surface area (Å²) in [6, 6.07) is 9.06. The summed E-state index contributed by atoms with van der Waals surface area (Å²) >= 11 is 21.9. The lowest BCUT2D eigenvalue weighted by Gasteiger charge is -2.20. The lowest BCUT2D eigenvalue weighted by molar-refractivity contribution is -0.154. The number of carbonyl (C=O) groups is 3. The lowest BCUT2D eigenvalue weighted by Crippen LogP contribution is -2.25. The van der Waals surface area contributed by atoms with E-state index in [4.69, 9.17) is 39.5 Å². The zero-order valence-electron chi connectivity index (χ0n) is 23.7. The number of esters is 1. The van der Waals surface area contributed by atoms with E-state index in [1.54, 1.807) is 20.8 Å². The van der Waals surface area contributed by atoms with E-state index < -0.39 is 81.2 Å². The Hall–Kier alpha value is -2.73. The van der Waals surface area contributed by atoms with Gasteiger partial charge < -0.3 is 10.1 Å². The number of rotatable bonds is 8. The largest absolute Gasteiger partial charge is 0.460 e. The van der Waals surface area contributed by atoms with E-state index in [0.29, 0.717) is 0 Å². The Kier molecular flexibility index (Phi) is 10.0. The molecule has 1 aliphatic rings. The first-order valence-corrected chi connectivity index (χ1v) is 15.2. The molecule has 2 atom stereocenters. The molecular weight excluding hydrogens is 732 g/mol. The summed E-state index contributed by atoms with van der Waals surface area (Å²) in [4.78, 5) is 38.5. The molecule has 1 N–H and O–H groups in total. The average molecular weight is 756 g/mol. The van der Waals surface area contributed by atoms with E-state index in [2.05, 4.69) is 21.2 Å². The minimum atomic E-state index is -4.64. The first-order chi connectivity index (χ1) is 20.7. The molecule has 0 aromatic heterocycles. The summed E-state index contributed by atoms with van der Waals surface area (Å²) in [5.74, 6) is -6.44. The smallest absolute Gasteiger partial charge is 0.416 e. The fraction of sp³-hybridized carbons (Fsp3) is 0.323. The molecule has 2 unspecified atom stereocenters. The third kappa shape index (κ3) is 8.17. The van der Waals surface area contributed by atoms with Crippen molar-refractivity contribution >= 4 is 74.1 Å². The number of amides is 1. The number of halogens is 9. The maximum Gasteiger partial charge on any atom is 0.416 e. The number of hydrogen-bond donors (Lipinski definition) is 1. The fourth-order valence-corrected chi connectivity index (χ4v) is 6.36. The number of benzene rings is 3. The second kappa shape index (κ2) is 12.8. The molecular formula is C31H24BrCl3F5NO4. The Bertz CT molecular complexity index is 1690. The molecule has 14 heteroatoms. The fourth-order valence-electron chi connectivity index (χ4n) is 4.79. The molecule has 3 aromatic rings. The van der Waals surface area contributed by atoms with Crippen molar-refractivity contribution in [3.05, 3.63) is 97.5 Å². The van der Waals surface area contributed by atoms with Gasteiger partial charge in [0.15, 0.2) is 5.78 Å². The van der Waals surface area contributed by atoms with Crippen LogP contribution in [0.2, 0.25) is 5.02 Å². The Balaban J connectivity index is 1.52. The minimum Gasteiger partial charge on any atom is -0.460 e. The molecule has 45 heavy (non-hydrogen) atoms. The van der Waals surface area contributed by atoms with Gasteiger partial charge >= 0.3 is 12.1 Å². The predicted molar refractivity (Wildman–Crippen MR) is 164 cm³/mol. The number of hydrogen-bond acceptors (Lipinski definition) is 4. The summed E-state index contributed by atoms with van der Waals surface area (Å²) in [5.41, 5.74) is -2.51. The second-order valence-corrected chi connectivity index (χ2v) is 14.2. The summed E-state index contributed by atoms with van der Waals surface area (Å²) in [6.45, 7) is 4.81. The van der Waals surface area contributed by atoms with Crippen molar-refractivity contribution in [2.45, 2.75) is 55.6 Å². The van der Waals surface area contributed by atoms with Crippen LogP contribution >= 0.6 is 50.7 Å². The molecule has 0 spiro atoms. The molecule has 0 bridgehead atoms. The molecule has 0 saturated heterocycles. The van der Waals surface area contributed by atoms with Crippen LogP contribution in [0, 0.1) is 17.6 Å². The van der Waals surface area contributed by atoms with Crippen LogP contribution in [-0.4, -0.2) is 27.6 Å². The topological polar surface area (TPSA) is 72.5 Å². The van der Waals surface area contributed by atoms with Gasteiger partial charge in [-0.3, -0.25) is 14.4 Å². The van der Waals surface area contributed by atoms with Gasteiger partial charge in [0, 0.05) is 33.6 Å². The third-order valence-electron chi connectivity index (χ3n) is 6.84. The van der Waals surface area contributed by atoms with Crippen molar-refractivity contribution < 1.29 is 41.1 Å². The maximum absolute atomic E-state index is 15.2. The van der Waals surface area contributed by atoms with Crippen LogP contribution in [0.15, 0.2) is 53.0 Å². The molecule has 1 aliphatic carbocycles. The monoisotopic (exact) mass is 753 g/mol. The Morgan fingerprint density at radius 1 is 0.978 bits per heavy atom. The number of ketones is 1. The highest BCUT2D eigenvalue weighted by molar-refractivity contribution is 9.10. The maximum atomic E-state index is 15.2. The number of anilines is 1. The number of Topliss-reactive ketones (excluding diaryl/α,β-unsaturated/α-hetero) is 1. The summed E-state index contributed by atoms with van der Waals surface area (Å²) in [7, 11) is 0. The Morgan fingerprint density at radius 3 is 2.27 bits per heavy atom. The number of carbonyl (C=O) groups excluding carboxylic acids is 3. The highest BCUT2D eigenvalue weighted by Gasteiger charge is 2.67. The van der Waals surface area contributed by atoms with E-state index in [-0.39, 0.29) is 31.9 Å². The van der Waals surface area contributed by atoms with Crippen LogP contribution in [-0.2, 0) is 33.3 Å². The number of alkyl halides is 5. The van der Waals surface area contributed by atoms with E-state index in [1.165, 1.54) is 24.3 Å². The third-order valence-corrected chi connectivity index (χ3v) is 8.56. The van der Waals surface area contributed by atoms with Gasteiger partial charge in [0.1, 0.15) is 21.6 Å². The lowest BCUT2D eigenvalue weighted by atomic mass is 9.98. The van der Waals surface area contributed by atoms with Crippen molar-refractivity contribution in [3.63, 3.8) is 0 Å². The Labute approximate surface area is 278 Å². The molecule has 0 aliphatic heterocycles. The minimum absolute atomic E-state index is 0.0309. The average Bonchev–Trinajstić information content (AvgIpc) is 3.49. The molecule has 4 rings (SSSR count). The van der Waals surface area contributed by atoms with Gasteiger partial charge in [-0.1, -0.05) is 33.6 Å². The highest BCUT2D eigenvalue weighted by Crippen LogP contribution is 2.65. The molecule has 1 fully saturated rings. The van der Waals surface area contributed by atoms with Crippen LogP contribution in [0.1, 0.15) is 59.3 Å². The molecule has 3 aromatic carbocycles. The van der Waals surface area contributed by atoms with Crippen LogP contribution in [0.4, 0.5) is 27.6 Å². The zero-order valence-corrected chi connectivity index (χ0v) is 27.6. The van der Waals surface area contributed by atoms with Crippen molar-refractivity contribution in [2.24, 2.45) is 5.92 Å². The first-order valence-electron chi connectivity index (χ1n) is 13.3. The van der Waals surface area contributed by atoms with Gasteiger partial charge in [-0.15, -0.1) is 23.2 Å². The highest BCUT2D eigenvalue weighted by atomic mass is 79.9. The molecule has 240 valence electrons. The summed E-state index contributed by atoms with van der Waals surface area (Å²) in [6.07, 6.45) is -5.90. The second-order valence-electron chi connectivity index (χ2n) is 11.4. The summed E-state index contributed by atoms with van der Waals surface area (Å²) in [5, 5.41) is 2.51. The van der Waals surface area contributed by atoms with E-state index in [0.717, 1.165) is 24.3 Å². The summed E-state index contributed by atoms with van der Waals surface area (Å²) < 4.78 is 73.2. The van der Waals surface area contributed by atoms with Gasteiger partial charge in [-0.25, -0.2) is 8.78 Å². The van der Waals surface area contributed by atoms with Gasteiger partial charge in [0.05, 0.1) is 22.9 Å². The quantitative estimate of drug-likeness (QED) is 0.108. The van der Waals surface area contributed by atoms with Crippen LogP contribution < -0.4 is 5.32 Å². The zero-order chi connectivity index (χ0) is 33.6. The van der Waals surface area contributed by atoms with E-state index in [1.807, 2.05) is 0 Å². The molecule has 0 heterocycles. The SMILES string of the molecule is CC(C)(C)OC(=O)Cc1c(F)ccc(CC(=O)c2cc(NC(=O)C3C(c4cc(Br)cc(C(F)(F)F)c4)C3(Cl)Cl)ccc2Cl)c1F. The van der Waals surface area contributed by atoms with Gasteiger partial charge in [-0.05, 0) is 74.4 Å². The number of nitrogens with one attached hydrogen (secondary N) is 1. The van der Waals surface area contributed by atoms with Crippen molar-refractivity contribution in [2.75, 3.05) is 5.32 Å². The van der Waals surface area contributed by atoms with Crippen LogP contribution in [0.25, 0.3) is 0 Å². The Morgan fingerprint density at radius 2 is 1.64 bits per heavy atom. The van der Waals surface area contributed by atoms with Gasteiger partial charge in [0.2, 0.25) is 5.91 Å². The molecule has 1 saturated carbocycles. The van der Waals surface area contributed by atoms with Crippen molar-refractivity contribution in [1.82, 2.24) is 0 Å². The molecule has 0 radical (unpaired) electrons. The molecule has 1 amide bonds. The standard InChI is InChI=1S/C31H24BrCl3F5NO4/c1-29(2,3)45-24(43)13-20-22(36)7-4-14(27(20)37)10-23(42)19-12-18(5-6-21(19)33)41-28(44)26-25(30(26,34)35)15-8-16(31(38,39)40)11-17(32)9-15/h4-9,11-12,25-26H,10,13H2,1-3H3,(H,41,44). The van der Waals surface area contributed by atoms with E-state index >= 15 is 4.39 Å². The van der Waals surface area contributed by atoms with Gasteiger partial charge in [-0.2, -0.15) is 13.2 Å². The van der Waals surface area contributed by atoms with Gasteiger partial charge in [0.25, 0.3) is 0 Å². The first kappa shape index (κ1) is 35.1. The molecule has 5 nitrogen and oxygen atoms in total. The van der Waals surface area contributed by atoms with Crippen molar-refractivity contribution in [1.29, 1.82) is 0 Å². The van der Waals surface area contributed by atoms with Crippen LogP contribution in [0.3, 0.4) is 0 Å². The predicted octanol–water partition coefficient (Wildman–Crippen LogP) is 9.24. The van der Waals surface area contributed by atoms with E-state index in [9.17, 15) is 31.9 Å². The van der Waals surface area contributed by atoms with Crippen LogP contribution in [0.5, 0.6) is 0 Å². The van der Waals surface area contributed by atoms with Crippen molar-refractivity contribution in [3.8, 4) is 0 Å².